The number of thioether (sulfide) groups is 1. The summed E-state index contributed by atoms with van der Waals surface area (Å²) < 4.78 is 52.6. The van der Waals surface area contributed by atoms with Crippen molar-refractivity contribution in [2.75, 3.05) is 17.6 Å². The quantitative estimate of drug-likeness (QED) is 0.331. The molecule has 2 aliphatic heterocycles. The summed E-state index contributed by atoms with van der Waals surface area (Å²) in [4.78, 5) is 25.3. The second-order valence-corrected chi connectivity index (χ2v) is 12.5. The van der Waals surface area contributed by atoms with Crippen LogP contribution in [0.25, 0.3) is 0 Å². The Labute approximate surface area is 248 Å². The number of carbonyl (C=O) groups is 2. The van der Waals surface area contributed by atoms with Gasteiger partial charge in [-0.15, -0.1) is 10.2 Å². The zero-order valence-corrected chi connectivity index (χ0v) is 24.2. The van der Waals surface area contributed by atoms with Gasteiger partial charge >= 0.3 is 12.1 Å². The standard InChI is InChI=1S/C28H29F3N4O5S2/c1-16-33-34-27(42-16)41-15-21-13-23(18-9-7-17(14-36)8-10-18)40-25(39-21)19-4-2-5-20(12-19)32-24(37)22-6-3-11-35(22)26(38)28(29,30)31/h2,4-5,7-10,12,21-23,25,36H,3,6,11,13-15H2,1H3,(H,32,37)/t21-,22-,23+,25+/m0/s1. The molecule has 2 aromatic carbocycles. The van der Waals surface area contributed by atoms with Gasteiger partial charge < -0.3 is 24.8 Å². The van der Waals surface area contributed by atoms with E-state index in [1.54, 1.807) is 36.0 Å². The van der Waals surface area contributed by atoms with Crippen molar-refractivity contribution in [2.24, 2.45) is 0 Å². The summed E-state index contributed by atoms with van der Waals surface area (Å²) in [6, 6.07) is 13.0. The van der Waals surface area contributed by atoms with Gasteiger partial charge in [0.1, 0.15) is 11.0 Å². The van der Waals surface area contributed by atoms with Crippen LogP contribution in [-0.2, 0) is 25.7 Å². The molecule has 42 heavy (non-hydrogen) atoms. The fourth-order valence-corrected chi connectivity index (χ4v) is 6.82. The van der Waals surface area contributed by atoms with Crippen molar-refractivity contribution in [1.82, 2.24) is 15.1 Å². The molecule has 5 rings (SSSR count). The number of hydrogen-bond acceptors (Lipinski definition) is 9. The molecule has 0 spiro atoms. The third-order valence-corrected chi connectivity index (χ3v) is 9.10. The van der Waals surface area contributed by atoms with Gasteiger partial charge in [-0.25, -0.2) is 0 Å². The molecule has 2 amide bonds. The fraction of sp³-hybridized carbons (Fsp3) is 0.429. The maximum atomic E-state index is 13.0. The predicted octanol–water partition coefficient (Wildman–Crippen LogP) is 5.17. The van der Waals surface area contributed by atoms with Gasteiger partial charge in [-0.1, -0.05) is 59.5 Å². The first-order chi connectivity index (χ1) is 20.1. The monoisotopic (exact) mass is 622 g/mol. The van der Waals surface area contributed by atoms with E-state index in [4.69, 9.17) is 9.47 Å². The zero-order chi connectivity index (χ0) is 29.9. The summed E-state index contributed by atoms with van der Waals surface area (Å²) in [6.45, 7) is 1.69. The maximum absolute atomic E-state index is 13.0. The van der Waals surface area contributed by atoms with Gasteiger partial charge in [0.15, 0.2) is 10.6 Å². The topological polar surface area (TPSA) is 114 Å². The number of hydrogen-bond donors (Lipinski definition) is 2. The highest BCUT2D eigenvalue weighted by molar-refractivity contribution is 8.01. The van der Waals surface area contributed by atoms with Gasteiger partial charge in [-0.2, -0.15) is 13.2 Å². The molecule has 0 unspecified atom stereocenters. The van der Waals surface area contributed by atoms with Crippen LogP contribution in [0.2, 0.25) is 0 Å². The SMILES string of the molecule is Cc1nnc(SC[C@@H]2C[C@H](c3ccc(CO)cc3)O[C@H](c3cccc(NC(=O)[C@@H]4CCCN4C(=O)C(F)(F)F)c3)O2)s1. The minimum absolute atomic E-state index is 0.0699. The molecular weight excluding hydrogens is 593 g/mol. The summed E-state index contributed by atoms with van der Waals surface area (Å²) in [5, 5.41) is 21.2. The lowest BCUT2D eigenvalue weighted by molar-refractivity contribution is -0.245. The van der Waals surface area contributed by atoms with Gasteiger partial charge in [0.25, 0.3) is 0 Å². The van der Waals surface area contributed by atoms with Gasteiger partial charge in [0.2, 0.25) is 5.91 Å². The third kappa shape index (κ3) is 7.29. The molecule has 9 nitrogen and oxygen atoms in total. The van der Waals surface area contributed by atoms with Crippen molar-refractivity contribution in [3.05, 3.63) is 70.2 Å². The van der Waals surface area contributed by atoms with E-state index in [1.165, 1.54) is 11.3 Å². The second-order valence-electron chi connectivity index (χ2n) is 10.0. The highest BCUT2D eigenvalue weighted by Crippen LogP contribution is 2.40. The maximum Gasteiger partial charge on any atom is 0.471 e. The molecule has 2 aliphatic rings. The minimum Gasteiger partial charge on any atom is -0.392 e. The Morgan fingerprint density at radius 2 is 1.93 bits per heavy atom. The lowest BCUT2D eigenvalue weighted by Crippen LogP contribution is -2.48. The number of halogens is 3. The van der Waals surface area contributed by atoms with Crippen LogP contribution in [0.5, 0.6) is 0 Å². The smallest absolute Gasteiger partial charge is 0.392 e. The van der Waals surface area contributed by atoms with E-state index in [-0.39, 0.29) is 31.8 Å². The van der Waals surface area contributed by atoms with Crippen LogP contribution in [0.1, 0.15) is 53.4 Å². The van der Waals surface area contributed by atoms with Crippen LogP contribution in [0.15, 0.2) is 52.9 Å². The first kappa shape index (κ1) is 30.4. The summed E-state index contributed by atoms with van der Waals surface area (Å²) >= 11 is 3.04. The van der Waals surface area contributed by atoms with E-state index in [0.29, 0.717) is 34.7 Å². The molecule has 3 heterocycles. The van der Waals surface area contributed by atoms with Crippen LogP contribution < -0.4 is 5.32 Å². The number of ether oxygens (including phenoxy) is 2. The summed E-state index contributed by atoms with van der Waals surface area (Å²) in [7, 11) is 0. The predicted molar refractivity (Wildman–Crippen MR) is 150 cm³/mol. The number of benzene rings is 2. The number of aliphatic hydroxyl groups is 1. The number of rotatable bonds is 8. The Balaban J connectivity index is 1.32. The number of aliphatic hydroxyl groups excluding tert-OH is 1. The molecule has 1 aromatic heterocycles. The van der Waals surface area contributed by atoms with Crippen LogP contribution in [0.4, 0.5) is 18.9 Å². The minimum atomic E-state index is -5.04. The van der Waals surface area contributed by atoms with Crippen molar-refractivity contribution in [1.29, 1.82) is 0 Å². The molecular formula is C28H29F3N4O5S2. The highest BCUT2D eigenvalue weighted by Gasteiger charge is 2.47. The molecule has 224 valence electrons. The molecule has 0 saturated carbocycles. The normalized spacial score (nSPS) is 22.7. The molecule has 3 aromatic rings. The average Bonchev–Trinajstić information content (AvgIpc) is 3.64. The Morgan fingerprint density at radius 1 is 1.14 bits per heavy atom. The number of nitrogens with zero attached hydrogens (tertiary/aromatic N) is 3. The second kappa shape index (κ2) is 13.1. The molecule has 4 atom stereocenters. The van der Waals surface area contributed by atoms with Gasteiger partial charge in [-0.05, 0) is 43.0 Å². The molecule has 0 bridgehead atoms. The first-order valence-corrected chi connectivity index (χ1v) is 15.1. The molecule has 2 saturated heterocycles. The number of nitrogens with one attached hydrogen (secondary N) is 1. The van der Waals surface area contributed by atoms with E-state index in [1.807, 2.05) is 31.2 Å². The molecule has 14 heteroatoms. The largest absolute Gasteiger partial charge is 0.471 e. The van der Waals surface area contributed by atoms with Crippen molar-refractivity contribution in [3.8, 4) is 0 Å². The molecule has 0 aliphatic carbocycles. The van der Waals surface area contributed by atoms with Crippen LogP contribution in [0.3, 0.4) is 0 Å². The van der Waals surface area contributed by atoms with E-state index < -0.39 is 30.3 Å². The Bertz CT molecular complexity index is 1400. The zero-order valence-electron chi connectivity index (χ0n) is 22.5. The van der Waals surface area contributed by atoms with Crippen molar-refractivity contribution < 1.29 is 37.3 Å². The lowest BCUT2D eigenvalue weighted by atomic mass is 10.0. The summed E-state index contributed by atoms with van der Waals surface area (Å²) in [5.74, 6) is -2.10. The van der Waals surface area contributed by atoms with Crippen LogP contribution in [0, 0.1) is 6.92 Å². The molecule has 2 N–H and O–H groups in total. The fourth-order valence-electron chi connectivity index (χ4n) is 4.96. The van der Waals surface area contributed by atoms with Gasteiger partial charge in [-0.3, -0.25) is 9.59 Å². The van der Waals surface area contributed by atoms with E-state index >= 15 is 0 Å². The number of amides is 2. The summed E-state index contributed by atoms with van der Waals surface area (Å²) in [6.07, 6.45) is -5.36. The number of alkyl halides is 3. The van der Waals surface area contributed by atoms with Gasteiger partial charge in [0, 0.05) is 30.0 Å². The van der Waals surface area contributed by atoms with Crippen molar-refractivity contribution in [2.45, 2.75) is 67.8 Å². The lowest BCUT2D eigenvalue weighted by Gasteiger charge is -2.36. The number of aromatic nitrogens is 2. The van der Waals surface area contributed by atoms with Crippen LogP contribution >= 0.6 is 23.1 Å². The number of aryl methyl sites for hydroxylation is 1. The van der Waals surface area contributed by atoms with Crippen LogP contribution in [-0.4, -0.2) is 62.6 Å². The van der Waals surface area contributed by atoms with E-state index in [0.717, 1.165) is 20.5 Å². The Hall–Kier alpha value is -3.04. The number of likely N-dealkylation sites (tertiary alicyclic amines) is 1. The summed E-state index contributed by atoms with van der Waals surface area (Å²) in [5.41, 5.74) is 2.66. The Morgan fingerprint density at radius 3 is 2.62 bits per heavy atom. The first-order valence-electron chi connectivity index (χ1n) is 13.3. The van der Waals surface area contributed by atoms with E-state index in [2.05, 4.69) is 15.5 Å². The Kier molecular flexibility index (Phi) is 9.47. The third-order valence-electron chi connectivity index (χ3n) is 7.00. The van der Waals surface area contributed by atoms with Gasteiger partial charge in [0.05, 0.1) is 18.8 Å². The molecule has 2 fully saturated rings. The number of anilines is 1. The van der Waals surface area contributed by atoms with Crippen molar-refractivity contribution in [3.63, 3.8) is 0 Å². The highest BCUT2D eigenvalue weighted by atomic mass is 32.2. The van der Waals surface area contributed by atoms with E-state index in [9.17, 15) is 27.9 Å². The van der Waals surface area contributed by atoms with Crippen molar-refractivity contribution >= 4 is 40.6 Å². The molecule has 0 radical (unpaired) electrons. The average molecular weight is 623 g/mol. The number of carbonyl (C=O) groups excluding carboxylic acids is 2.